The Balaban J connectivity index is 1.64. The highest BCUT2D eigenvalue weighted by Crippen LogP contribution is 2.22. The number of carbonyl (C=O) groups excluding carboxylic acids is 3. The van der Waals surface area contributed by atoms with Gasteiger partial charge in [-0.3, -0.25) is 14.6 Å². The maximum atomic E-state index is 12.4. The van der Waals surface area contributed by atoms with Crippen LogP contribution in [0, 0.1) is 0 Å². The Morgan fingerprint density at radius 1 is 1.20 bits per heavy atom. The summed E-state index contributed by atoms with van der Waals surface area (Å²) in [5.74, 6) is -0.847. The number of ether oxygens (including phenoxy) is 1. The number of nitrogens with one attached hydrogen (secondary N) is 1. The van der Waals surface area contributed by atoms with Crippen molar-refractivity contribution in [2.45, 2.75) is 25.5 Å². The van der Waals surface area contributed by atoms with Gasteiger partial charge in [0.15, 0.2) is 0 Å². The molecule has 7 nitrogen and oxygen atoms in total. The summed E-state index contributed by atoms with van der Waals surface area (Å²) in [6.45, 7) is 0.0421. The zero-order valence-corrected chi connectivity index (χ0v) is 13.4. The van der Waals surface area contributed by atoms with E-state index in [0.29, 0.717) is 5.69 Å². The second-order valence-corrected chi connectivity index (χ2v) is 5.59. The fourth-order valence-electron chi connectivity index (χ4n) is 2.61. The average molecular weight is 339 g/mol. The summed E-state index contributed by atoms with van der Waals surface area (Å²) >= 11 is 0. The molecule has 25 heavy (non-hydrogen) atoms. The fraction of sp³-hybridized carbons (Fsp3) is 0.222. The smallest absolute Gasteiger partial charge is 0.417 e. The summed E-state index contributed by atoms with van der Waals surface area (Å²) in [7, 11) is 0. The molecule has 1 N–H and O–H groups in total. The molecule has 0 aliphatic carbocycles. The van der Waals surface area contributed by atoms with Crippen LogP contribution < -0.4 is 5.32 Å². The molecular formula is C18H17N3O4. The van der Waals surface area contributed by atoms with E-state index in [4.69, 9.17) is 4.74 Å². The summed E-state index contributed by atoms with van der Waals surface area (Å²) in [6.07, 6.45) is 2.67. The van der Waals surface area contributed by atoms with Crippen LogP contribution in [0.5, 0.6) is 0 Å². The van der Waals surface area contributed by atoms with E-state index in [1.165, 1.54) is 6.20 Å². The van der Waals surface area contributed by atoms with Crippen LogP contribution in [-0.2, 0) is 20.9 Å². The Hall–Kier alpha value is -3.22. The molecule has 7 heteroatoms. The number of benzene rings is 1. The lowest BCUT2D eigenvalue weighted by Crippen LogP contribution is -2.45. The SMILES string of the molecule is O=C(Nc1cccnc1)[C@@H]1CCC(=O)N1C(=O)OCc1ccccc1. The molecule has 0 spiro atoms. The minimum atomic E-state index is -0.879. The number of nitrogens with zero attached hydrogens (tertiary/aromatic N) is 2. The third kappa shape index (κ3) is 4.00. The zero-order valence-electron chi connectivity index (χ0n) is 13.4. The van der Waals surface area contributed by atoms with Crippen LogP contribution in [-0.4, -0.2) is 33.8 Å². The Labute approximate surface area is 144 Å². The van der Waals surface area contributed by atoms with Crippen LogP contribution in [0.1, 0.15) is 18.4 Å². The van der Waals surface area contributed by atoms with Crippen LogP contribution in [0.4, 0.5) is 10.5 Å². The van der Waals surface area contributed by atoms with E-state index in [9.17, 15) is 14.4 Å². The maximum Gasteiger partial charge on any atom is 0.417 e. The topological polar surface area (TPSA) is 88.6 Å². The quantitative estimate of drug-likeness (QED) is 0.924. The van der Waals surface area contributed by atoms with Gasteiger partial charge in [-0.15, -0.1) is 0 Å². The monoisotopic (exact) mass is 339 g/mol. The second-order valence-electron chi connectivity index (χ2n) is 5.59. The molecule has 1 fully saturated rings. The van der Waals surface area contributed by atoms with E-state index in [1.807, 2.05) is 30.3 Å². The number of likely N-dealkylation sites (tertiary alicyclic amines) is 1. The van der Waals surface area contributed by atoms with Gasteiger partial charge in [0.25, 0.3) is 0 Å². The van der Waals surface area contributed by atoms with Crippen molar-refractivity contribution in [1.29, 1.82) is 0 Å². The van der Waals surface area contributed by atoms with Crippen molar-refractivity contribution in [1.82, 2.24) is 9.88 Å². The van der Waals surface area contributed by atoms with Gasteiger partial charge < -0.3 is 10.1 Å². The van der Waals surface area contributed by atoms with Crippen molar-refractivity contribution in [3.63, 3.8) is 0 Å². The van der Waals surface area contributed by atoms with Crippen LogP contribution in [0.3, 0.4) is 0 Å². The van der Waals surface area contributed by atoms with Crippen LogP contribution in [0.2, 0.25) is 0 Å². The molecule has 1 aromatic heterocycles. The molecule has 3 amide bonds. The zero-order chi connectivity index (χ0) is 17.6. The van der Waals surface area contributed by atoms with Gasteiger partial charge in [-0.2, -0.15) is 0 Å². The second kappa shape index (κ2) is 7.57. The van der Waals surface area contributed by atoms with Crippen molar-refractivity contribution in [3.8, 4) is 0 Å². The Kier molecular flexibility index (Phi) is 5.03. The van der Waals surface area contributed by atoms with Crippen LogP contribution in [0.25, 0.3) is 0 Å². The standard InChI is InChI=1S/C18H17N3O4/c22-16-9-8-15(17(23)20-14-7-4-10-19-11-14)21(16)18(24)25-12-13-5-2-1-3-6-13/h1-7,10-11,15H,8-9,12H2,(H,20,23)/t15-/m0/s1. The number of anilines is 1. The van der Waals surface area contributed by atoms with E-state index in [0.717, 1.165) is 10.5 Å². The number of amides is 3. The molecule has 0 bridgehead atoms. The highest BCUT2D eigenvalue weighted by atomic mass is 16.6. The molecule has 1 aliphatic heterocycles. The first-order chi connectivity index (χ1) is 12.1. The number of hydrogen-bond donors (Lipinski definition) is 1. The molecule has 1 aromatic carbocycles. The Morgan fingerprint density at radius 2 is 2.00 bits per heavy atom. The molecule has 128 valence electrons. The molecule has 0 radical (unpaired) electrons. The number of imide groups is 1. The number of hydrogen-bond acceptors (Lipinski definition) is 5. The molecule has 1 aliphatic rings. The van der Waals surface area contributed by atoms with Gasteiger partial charge >= 0.3 is 6.09 Å². The summed E-state index contributed by atoms with van der Waals surface area (Å²) in [5, 5.41) is 2.66. The molecule has 1 atom stereocenters. The number of carbonyl (C=O) groups is 3. The lowest BCUT2D eigenvalue weighted by Gasteiger charge is -2.21. The van der Waals surface area contributed by atoms with Crippen LogP contribution >= 0.6 is 0 Å². The van der Waals surface area contributed by atoms with Gasteiger partial charge in [0.1, 0.15) is 12.6 Å². The van der Waals surface area contributed by atoms with Crippen molar-refractivity contribution >= 4 is 23.6 Å². The van der Waals surface area contributed by atoms with Crippen molar-refractivity contribution in [2.24, 2.45) is 0 Å². The third-order valence-electron chi connectivity index (χ3n) is 3.85. The van der Waals surface area contributed by atoms with E-state index in [2.05, 4.69) is 10.3 Å². The van der Waals surface area contributed by atoms with Gasteiger partial charge in [0.05, 0.1) is 11.9 Å². The summed E-state index contributed by atoms with van der Waals surface area (Å²) in [6, 6.07) is 11.6. The third-order valence-corrected chi connectivity index (χ3v) is 3.85. The number of aromatic nitrogens is 1. The van der Waals surface area contributed by atoms with Gasteiger partial charge in [-0.1, -0.05) is 30.3 Å². The highest BCUT2D eigenvalue weighted by Gasteiger charge is 2.41. The van der Waals surface area contributed by atoms with Gasteiger partial charge in [0.2, 0.25) is 11.8 Å². The predicted molar refractivity (Wildman–Crippen MR) is 89.4 cm³/mol. The molecular weight excluding hydrogens is 322 g/mol. The first kappa shape index (κ1) is 16.6. The number of rotatable bonds is 4. The fourth-order valence-corrected chi connectivity index (χ4v) is 2.61. The largest absolute Gasteiger partial charge is 0.444 e. The Bertz CT molecular complexity index is 764. The van der Waals surface area contributed by atoms with Crippen LogP contribution in [0.15, 0.2) is 54.9 Å². The first-order valence-corrected chi connectivity index (χ1v) is 7.89. The van der Waals surface area contributed by atoms with E-state index >= 15 is 0 Å². The molecule has 2 heterocycles. The maximum absolute atomic E-state index is 12.4. The number of pyridine rings is 1. The van der Waals surface area contributed by atoms with Gasteiger partial charge in [-0.25, -0.2) is 9.69 Å². The Morgan fingerprint density at radius 3 is 2.72 bits per heavy atom. The summed E-state index contributed by atoms with van der Waals surface area (Å²) < 4.78 is 5.19. The normalized spacial score (nSPS) is 16.6. The predicted octanol–water partition coefficient (Wildman–Crippen LogP) is 2.35. The van der Waals surface area contributed by atoms with E-state index in [1.54, 1.807) is 18.3 Å². The van der Waals surface area contributed by atoms with E-state index < -0.39 is 23.9 Å². The van der Waals surface area contributed by atoms with Crippen molar-refractivity contribution < 1.29 is 19.1 Å². The average Bonchev–Trinajstić information content (AvgIpc) is 3.03. The molecule has 1 saturated heterocycles. The molecule has 3 rings (SSSR count). The summed E-state index contributed by atoms with van der Waals surface area (Å²) in [4.78, 5) is 41.5. The minimum Gasteiger partial charge on any atom is -0.444 e. The lowest BCUT2D eigenvalue weighted by atomic mass is 10.2. The molecule has 2 aromatic rings. The van der Waals surface area contributed by atoms with Crippen molar-refractivity contribution in [3.05, 3.63) is 60.4 Å². The molecule has 0 saturated carbocycles. The van der Waals surface area contributed by atoms with Gasteiger partial charge in [0, 0.05) is 12.6 Å². The van der Waals surface area contributed by atoms with Gasteiger partial charge in [-0.05, 0) is 24.1 Å². The lowest BCUT2D eigenvalue weighted by molar-refractivity contribution is -0.131. The van der Waals surface area contributed by atoms with Crippen molar-refractivity contribution in [2.75, 3.05) is 5.32 Å². The summed E-state index contributed by atoms with van der Waals surface area (Å²) in [5.41, 5.74) is 1.31. The first-order valence-electron chi connectivity index (χ1n) is 7.89. The highest BCUT2D eigenvalue weighted by molar-refractivity contribution is 6.04. The minimum absolute atomic E-state index is 0.0421. The van der Waals surface area contributed by atoms with E-state index in [-0.39, 0.29) is 19.4 Å². The molecule has 0 unspecified atom stereocenters.